The molecule has 2 atom stereocenters. The first kappa shape index (κ1) is 17.7. The minimum atomic E-state index is -0.944. The van der Waals surface area contributed by atoms with Gasteiger partial charge in [-0.1, -0.05) is 12.1 Å². The number of carbonyl (C=O) groups excluding carboxylic acids is 1. The number of nitrogens with one attached hydrogen (secondary N) is 1. The first-order valence-corrected chi connectivity index (χ1v) is 8.66. The Balaban J connectivity index is 1.93. The molecule has 2 heterocycles. The molecule has 0 aliphatic carbocycles. The van der Waals surface area contributed by atoms with Crippen molar-refractivity contribution in [3.05, 3.63) is 35.4 Å². The largest absolute Gasteiger partial charge is 0.465 e. The van der Waals surface area contributed by atoms with E-state index in [-0.39, 0.29) is 11.9 Å². The normalized spacial score (nSPS) is 27.2. The van der Waals surface area contributed by atoms with Crippen LogP contribution in [0.25, 0.3) is 0 Å². The van der Waals surface area contributed by atoms with Crippen molar-refractivity contribution >= 4 is 12.0 Å². The average Bonchev–Trinajstić information content (AvgIpc) is 2.64. The molecule has 0 radical (unpaired) electrons. The molecule has 3 rings (SSSR count). The summed E-state index contributed by atoms with van der Waals surface area (Å²) in [7, 11) is 0. The molecule has 2 unspecified atom stereocenters. The van der Waals surface area contributed by atoms with Gasteiger partial charge < -0.3 is 20.1 Å². The molecule has 136 valence electrons. The van der Waals surface area contributed by atoms with Gasteiger partial charge in [0, 0.05) is 37.8 Å². The van der Waals surface area contributed by atoms with Gasteiger partial charge in [-0.05, 0) is 31.5 Å². The lowest BCUT2D eigenvalue weighted by Crippen LogP contribution is -2.63. The lowest BCUT2D eigenvalue weighted by Gasteiger charge is -2.48. The highest BCUT2D eigenvalue weighted by Crippen LogP contribution is 2.34. The summed E-state index contributed by atoms with van der Waals surface area (Å²) in [5, 5.41) is 13.0. The quantitative estimate of drug-likeness (QED) is 0.844. The van der Waals surface area contributed by atoms with Crippen LogP contribution in [0.2, 0.25) is 0 Å². The van der Waals surface area contributed by atoms with E-state index in [1.165, 1.54) is 4.90 Å². The zero-order chi connectivity index (χ0) is 18.0. The molecule has 7 heteroatoms. The van der Waals surface area contributed by atoms with Gasteiger partial charge >= 0.3 is 6.09 Å². The fraction of sp³-hybridized carbons (Fsp3) is 0.556. The maximum atomic E-state index is 12.8. The van der Waals surface area contributed by atoms with Crippen molar-refractivity contribution in [1.82, 2.24) is 15.1 Å². The van der Waals surface area contributed by atoms with Crippen LogP contribution in [0, 0.1) is 0 Å². The van der Waals surface area contributed by atoms with Crippen molar-refractivity contribution in [3.63, 3.8) is 0 Å². The second kappa shape index (κ2) is 7.01. The minimum Gasteiger partial charge on any atom is -0.465 e. The highest BCUT2D eigenvalue weighted by atomic mass is 16.5. The number of ether oxygens (including phenoxy) is 1. The van der Waals surface area contributed by atoms with Gasteiger partial charge in [-0.15, -0.1) is 0 Å². The Labute approximate surface area is 147 Å². The number of amides is 2. The van der Waals surface area contributed by atoms with E-state index < -0.39 is 11.6 Å². The Kier molecular flexibility index (Phi) is 4.96. The predicted octanol–water partition coefficient (Wildman–Crippen LogP) is 1.35. The lowest BCUT2D eigenvalue weighted by molar-refractivity contribution is 0.0301. The van der Waals surface area contributed by atoms with Gasteiger partial charge in [-0.3, -0.25) is 9.69 Å². The predicted molar refractivity (Wildman–Crippen MR) is 92.7 cm³/mol. The SMILES string of the molecule is CC1NCCN(C(=O)O)C1(C)c1cccc(C(=O)N2CCOCC2)c1. The van der Waals surface area contributed by atoms with Crippen molar-refractivity contribution < 1.29 is 19.4 Å². The number of carboxylic acid groups (broad SMARTS) is 1. The van der Waals surface area contributed by atoms with E-state index in [0.717, 1.165) is 5.56 Å². The van der Waals surface area contributed by atoms with Crippen molar-refractivity contribution in [2.45, 2.75) is 25.4 Å². The van der Waals surface area contributed by atoms with Gasteiger partial charge in [0.25, 0.3) is 5.91 Å². The average molecular weight is 347 g/mol. The van der Waals surface area contributed by atoms with E-state index in [0.29, 0.717) is 45.0 Å². The first-order valence-electron chi connectivity index (χ1n) is 8.66. The maximum Gasteiger partial charge on any atom is 0.408 e. The topological polar surface area (TPSA) is 82.1 Å². The Morgan fingerprint density at radius 2 is 2.00 bits per heavy atom. The van der Waals surface area contributed by atoms with Crippen molar-refractivity contribution in [2.24, 2.45) is 0 Å². The van der Waals surface area contributed by atoms with Crippen LogP contribution in [0.5, 0.6) is 0 Å². The van der Waals surface area contributed by atoms with Crippen LogP contribution in [-0.2, 0) is 10.3 Å². The number of rotatable bonds is 2. The monoisotopic (exact) mass is 347 g/mol. The van der Waals surface area contributed by atoms with Crippen LogP contribution in [-0.4, -0.2) is 72.3 Å². The molecule has 0 spiro atoms. The highest BCUT2D eigenvalue weighted by molar-refractivity contribution is 5.94. The van der Waals surface area contributed by atoms with Gasteiger partial charge in [0.05, 0.1) is 18.8 Å². The van der Waals surface area contributed by atoms with E-state index >= 15 is 0 Å². The minimum absolute atomic E-state index is 0.0351. The van der Waals surface area contributed by atoms with E-state index in [1.54, 1.807) is 11.0 Å². The van der Waals surface area contributed by atoms with Gasteiger partial charge in [-0.25, -0.2) is 4.79 Å². The van der Waals surface area contributed by atoms with Gasteiger partial charge in [0.1, 0.15) is 0 Å². The number of benzene rings is 1. The molecule has 0 aromatic heterocycles. The van der Waals surface area contributed by atoms with E-state index in [9.17, 15) is 14.7 Å². The molecular formula is C18H25N3O4. The molecule has 2 aliphatic rings. The summed E-state index contributed by atoms with van der Waals surface area (Å²) in [5.41, 5.74) is 0.684. The van der Waals surface area contributed by atoms with E-state index in [1.807, 2.05) is 32.0 Å². The third kappa shape index (κ3) is 3.21. The third-order valence-electron chi connectivity index (χ3n) is 5.41. The fourth-order valence-corrected chi connectivity index (χ4v) is 3.67. The van der Waals surface area contributed by atoms with Crippen LogP contribution < -0.4 is 5.32 Å². The van der Waals surface area contributed by atoms with Crippen LogP contribution >= 0.6 is 0 Å². The fourth-order valence-electron chi connectivity index (χ4n) is 3.67. The molecule has 2 saturated heterocycles. The van der Waals surface area contributed by atoms with Crippen molar-refractivity contribution in [3.8, 4) is 0 Å². The first-order chi connectivity index (χ1) is 11.9. The summed E-state index contributed by atoms with van der Waals surface area (Å²) in [6, 6.07) is 7.28. The number of hydrogen-bond donors (Lipinski definition) is 2. The Morgan fingerprint density at radius 1 is 1.28 bits per heavy atom. The van der Waals surface area contributed by atoms with Crippen LogP contribution in [0.3, 0.4) is 0 Å². The molecule has 2 N–H and O–H groups in total. The molecule has 0 saturated carbocycles. The molecule has 25 heavy (non-hydrogen) atoms. The van der Waals surface area contributed by atoms with Gasteiger partial charge in [0.15, 0.2) is 0 Å². The Bertz CT molecular complexity index is 659. The number of piperazine rings is 1. The molecule has 1 aromatic carbocycles. The van der Waals surface area contributed by atoms with E-state index in [2.05, 4.69) is 5.32 Å². The zero-order valence-electron chi connectivity index (χ0n) is 14.7. The van der Waals surface area contributed by atoms with Crippen molar-refractivity contribution in [2.75, 3.05) is 39.4 Å². The van der Waals surface area contributed by atoms with Crippen LogP contribution in [0.4, 0.5) is 4.79 Å². The lowest BCUT2D eigenvalue weighted by atomic mass is 9.81. The summed E-state index contributed by atoms with van der Waals surface area (Å²) >= 11 is 0. The van der Waals surface area contributed by atoms with Gasteiger partial charge in [-0.2, -0.15) is 0 Å². The number of carbonyl (C=O) groups is 2. The number of hydrogen-bond acceptors (Lipinski definition) is 4. The van der Waals surface area contributed by atoms with E-state index in [4.69, 9.17) is 4.74 Å². The second-order valence-electron chi connectivity index (χ2n) is 6.74. The van der Waals surface area contributed by atoms with Crippen molar-refractivity contribution in [1.29, 1.82) is 0 Å². The molecule has 2 fully saturated rings. The standard InChI is InChI=1S/C18H25N3O4/c1-13-18(2,21(17(23)24)7-6-19-13)15-5-3-4-14(12-15)16(22)20-8-10-25-11-9-20/h3-5,12-13,19H,6-11H2,1-2H3,(H,23,24). The molecule has 0 bridgehead atoms. The summed E-state index contributed by atoms with van der Waals surface area (Å²) in [4.78, 5) is 27.8. The summed E-state index contributed by atoms with van der Waals surface area (Å²) < 4.78 is 5.30. The molecule has 7 nitrogen and oxygen atoms in total. The molecule has 2 amide bonds. The van der Waals surface area contributed by atoms with Crippen LogP contribution in [0.1, 0.15) is 29.8 Å². The molecular weight excluding hydrogens is 322 g/mol. The summed E-state index contributed by atoms with van der Waals surface area (Å²) in [6.45, 7) is 7.20. The third-order valence-corrected chi connectivity index (χ3v) is 5.41. The zero-order valence-corrected chi connectivity index (χ0v) is 14.7. The summed E-state index contributed by atoms with van der Waals surface area (Å²) in [5.74, 6) is -0.0351. The summed E-state index contributed by atoms with van der Waals surface area (Å²) in [6.07, 6.45) is -0.944. The molecule has 1 aromatic rings. The van der Waals surface area contributed by atoms with Crippen LogP contribution in [0.15, 0.2) is 24.3 Å². The Hall–Kier alpha value is -2.12. The van der Waals surface area contributed by atoms with Gasteiger partial charge in [0.2, 0.25) is 0 Å². The Morgan fingerprint density at radius 3 is 2.68 bits per heavy atom. The smallest absolute Gasteiger partial charge is 0.408 e. The number of morpholine rings is 1. The molecule has 2 aliphatic heterocycles. The maximum absolute atomic E-state index is 12.8. The highest BCUT2D eigenvalue weighted by Gasteiger charge is 2.44. The number of nitrogens with zero attached hydrogens (tertiary/aromatic N) is 2. The second-order valence-corrected chi connectivity index (χ2v) is 6.74.